The summed E-state index contributed by atoms with van der Waals surface area (Å²) in [5.74, 6) is 0. The van der Waals surface area contributed by atoms with Gasteiger partial charge >= 0.3 is 0 Å². The topological polar surface area (TPSA) is 24.9 Å². The largest absolute Gasteiger partial charge is 0.321 e. The van der Waals surface area contributed by atoms with Crippen LogP contribution in [0.2, 0.25) is 0 Å². The molecule has 1 heterocycles. The first kappa shape index (κ1) is 10.1. The number of benzene rings is 1. The van der Waals surface area contributed by atoms with Crippen LogP contribution in [-0.2, 0) is 12.8 Å². The Kier molecular flexibility index (Phi) is 2.56. The molecule has 1 aromatic carbocycles. The molecule has 1 aromatic heterocycles. The maximum atomic E-state index is 4.76. The summed E-state index contributed by atoms with van der Waals surface area (Å²) in [6.45, 7) is 0. The van der Waals surface area contributed by atoms with Crippen LogP contribution in [-0.4, -0.2) is 4.98 Å². The molecule has 2 aromatic rings. The molecule has 0 unspecified atom stereocenters. The summed E-state index contributed by atoms with van der Waals surface area (Å²) >= 11 is 3.38. The number of hydrogen-bond donors (Lipinski definition) is 1. The van der Waals surface area contributed by atoms with Crippen LogP contribution in [0.15, 0.2) is 24.3 Å². The van der Waals surface area contributed by atoms with E-state index < -0.39 is 0 Å². The number of hydrogen-bond acceptors (Lipinski definition) is 2. The minimum Gasteiger partial charge on any atom is -0.321 e. The lowest BCUT2D eigenvalue weighted by Gasteiger charge is -2.19. The first-order chi connectivity index (χ1) is 7.90. The van der Waals surface area contributed by atoms with Crippen LogP contribution in [0, 0.1) is 0 Å². The summed E-state index contributed by atoms with van der Waals surface area (Å²) in [5, 5.41) is 1.21. The van der Waals surface area contributed by atoms with Crippen molar-refractivity contribution < 1.29 is 0 Å². The second-order valence-corrected chi connectivity index (χ2v) is 4.63. The number of nitrogens with one attached hydrogen (secondary N) is 1. The second kappa shape index (κ2) is 4.06. The maximum Gasteiger partial charge on any atom is 0.0726 e. The van der Waals surface area contributed by atoms with Crippen molar-refractivity contribution in [2.45, 2.75) is 25.7 Å². The number of para-hydroxylation sites is 1. The van der Waals surface area contributed by atoms with Crippen molar-refractivity contribution in [3.05, 3.63) is 35.5 Å². The van der Waals surface area contributed by atoms with Crippen molar-refractivity contribution >= 4 is 32.7 Å². The van der Waals surface area contributed by atoms with E-state index in [9.17, 15) is 0 Å². The lowest BCUT2D eigenvalue weighted by Crippen LogP contribution is -2.08. The van der Waals surface area contributed by atoms with Crippen LogP contribution in [0.1, 0.15) is 24.1 Å². The first-order valence-electron chi connectivity index (χ1n) is 5.67. The van der Waals surface area contributed by atoms with Crippen molar-refractivity contribution in [1.29, 1.82) is 0 Å². The zero-order valence-corrected chi connectivity index (χ0v) is 10.5. The van der Waals surface area contributed by atoms with Gasteiger partial charge in [-0.05, 0) is 37.3 Å². The Balaban J connectivity index is 2.35. The van der Waals surface area contributed by atoms with Crippen LogP contribution < -0.4 is 4.34 Å². The number of aryl methyl sites for hydroxylation is 1. The molecule has 0 atom stereocenters. The Morgan fingerprint density at radius 2 is 1.94 bits per heavy atom. The third-order valence-electron chi connectivity index (χ3n) is 3.26. The predicted molar refractivity (Wildman–Crippen MR) is 70.9 cm³/mol. The average molecular weight is 277 g/mol. The number of aromatic nitrogens is 1. The normalized spacial score (nSPS) is 14.8. The molecular formula is C13H13BrN2. The molecule has 0 amide bonds. The monoisotopic (exact) mass is 276 g/mol. The molecule has 0 radical (unpaired) electrons. The Labute approximate surface area is 103 Å². The zero-order valence-electron chi connectivity index (χ0n) is 8.96. The number of nitrogens with zero attached hydrogens (tertiary/aromatic N) is 1. The summed E-state index contributed by atoms with van der Waals surface area (Å²) in [4.78, 5) is 4.76. The van der Waals surface area contributed by atoms with Gasteiger partial charge in [0.15, 0.2) is 0 Å². The van der Waals surface area contributed by atoms with Crippen LogP contribution in [0.25, 0.3) is 10.9 Å². The van der Waals surface area contributed by atoms with Crippen LogP contribution >= 0.6 is 16.1 Å². The third-order valence-corrected chi connectivity index (χ3v) is 3.66. The Morgan fingerprint density at radius 3 is 2.81 bits per heavy atom. The molecule has 1 aliphatic rings. The number of rotatable bonds is 1. The lowest BCUT2D eigenvalue weighted by atomic mass is 9.93. The van der Waals surface area contributed by atoms with Crippen molar-refractivity contribution in [1.82, 2.24) is 4.98 Å². The van der Waals surface area contributed by atoms with E-state index in [4.69, 9.17) is 4.98 Å². The smallest absolute Gasteiger partial charge is 0.0726 e. The van der Waals surface area contributed by atoms with Crippen molar-refractivity contribution in [3.8, 4) is 0 Å². The fourth-order valence-corrected chi connectivity index (χ4v) is 2.93. The fourth-order valence-electron chi connectivity index (χ4n) is 2.48. The van der Waals surface area contributed by atoms with Gasteiger partial charge in [-0.3, -0.25) is 4.98 Å². The quantitative estimate of drug-likeness (QED) is 0.801. The van der Waals surface area contributed by atoms with Gasteiger partial charge in [-0.2, -0.15) is 0 Å². The van der Waals surface area contributed by atoms with Gasteiger partial charge in [-0.15, -0.1) is 0 Å². The number of fused-ring (bicyclic) bond motifs is 2. The van der Waals surface area contributed by atoms with Crippen LogP contribution in [0.5, 0.6) is 0 Å². The number of anilines is 1. The summed E-state index contributed by atoms with van der Waals surface area (Å²) in [6, 6.07) is 8.31. The van der Waals surface area contributed by atoms with E-state index in [0.29, 0.717) is 0 Å². The van der Waals surface area contributed by atoms with E-state index in [1.807, 2.05) is 6.07 Å². The van der Waals surface area contributed by atoms with Crippen LogP contribution in [0.3, 0.4) is 0 Å². The molecule has 0 aliphatic heterocycles. The standard InChI is InChI=1S/C13H13BrN2/c14-16-13-9-5-1-3-7-11(9)15-12-8-4-2-6-10(12)13/h1,3,5,7H,2,4,6,8H2,(H,15,16). The highest BCUT2D eigenvalue weighted by molar-refractivity contribution is 9.10. The lowest BCUT2D eigenvalue weighted by molar-refractivity contribution is 0.673. The summed E-state index contributed by atoms with van der Waals surface area (Å²) in [7, 11) is 0. The molecule has 1 N–H and O–H groups in total. The zero-order chi connectivity index (χ0) is 11.0. The van der Waals surface area contributed by atoms with Gasteiger partial charge < -0.3 is 4.34 Å². The van der Waals surface area contributed by atoms with Gasteiger partial charge in [0.1, 0.15) is 0 Å². The Morgan fingerprint density at radius 1 is 1.12 bits per heavy atom. The van der Waals surface area contributed by atoms with E-state index in [1.54, 1.807) is 0 Å². The summed E-state index contributed by atoms with van der Waals surface area (Å²) in [6.07, 6.45) is 4.79. The summed E-state index contributed by atoms with van der Waals surface area (Å²) < 4.78 is 3.17. The van der Waals surface area contributed by atoms with Gasteiger partial charge in [0, 0.05) is 27.2 Å². The van der Waals surface area contributed by atoms with E-state index in [1.165, 1.54) is 35.2 Å². The molecule has 0 saturated carbocycles. The first-order valence-corrected chi connectivity index (χ1v) is 6.46. The van der Waals surface area contributed by atoms with Gasteiger partial charge in [0.05, 0.1) is 11.2 Å². The number of pyridine rings is 1. The molecule has 0 fully saturated rings. The molecule has 0 saturated heterocycles. The van der Waals surface area contributed by atoms with Gasteiger partial charge in [-0.25, -0.2) is 0 Å². The third kappa shape index (κ3) is 1.50. The van der Waals surface area contributed by atoms with Gasteiger partial charge in [-0.1, -0.05) is 18.2 Å². The molecule has 16 heavy (non-hydrogen) atoms. The van der Waals surface area contributed by atoms with Crippen molar-refractivity contribution in [3.63, 3.8) is 0 Å². The molecule has 0 spiro atoms. The Bertz CT molecular complexity index is 537. The molecule has 3 rings (SSSR count). The van der Waals surface area contributed by atoms with E-state index >= 15 is 0 Å². The average Bonchev–Trinajstić information content (AvgIpc) is 2.36. The van der Waals surface area contributed by atoms with E-state index in [2.05, 4.69) is 38.7 Å². The predicted octanol–water partition coefficient (Wildman–Crippen LogP) is 3.84. The molecule has 1 aliphatic carbocycles. The number of halogens is 1. The summed E-state index contributed by atoms with van der Waals surface area (Å²) in [5.41, 5.74) is 4.96. The van der Waals surface area contributed by atoms with E-state index in [0.717, 1.165) is 18.4 Å². The van der Waals surface area contributed by atoms with Gasteiger partial charge in [0.2, 0.25) is 0 Å². The maximum absolute atomic E-state index is 4.76. The van der Waals surface area contributed by atoms with Crippen LogP contribution in [0.4, 0.5) is 5.69 Å². The second-order valence-electron chi connectivity index (χ2n) is 4.23. The minimum absolute atomic E-state index is 1.09. The molecule has 82 valence electrons. The highest BCUT2D eigenvalue weighted by atomic mass is 79.9. The van der Waals surface area contributed by atoms with Gasteiger partial charge in [0.25, 0.3) is 0 Å². The minimum atomic E-state index is 1.09. The highest BCUT2D eigenvalue weighted by Crippen LogP contribution is 2.33. The van der Waals surface area contributed by atoms with E-state index in [-0.39, 0.29) is 0 Å². The van der Waals surface area contributed by atoms with Crippen molar-refractivity contribution in [2.75, 3.05) is 4.34 Å². The Hall–Kier alpha value is -1.09. The fraction of sp³-hybridized carbons (Fsp3) is 0.308. The molecular weight excluding hydrogens is 264 g/mol. The molecule has 2 nitrogen and oxygen atoms in total. The molecule has 3 heteroatoms. The SMILES string of the molecule is BrNc1c2c(nc3ccccc13)CCCC2. The highest BCUT2D eigenvalue weighted by Gasteiger charge is 2.17. The van der Waals surface area contributed by atoms with Crippen molar-refractivity contribution in [2.24, 2.45) is 0 Å². The molecule has 0 bridgehead atoms.